The van der Waals surface area contributed by atoms with E-state index < -0.39 is 3.79 Å². The normalized spacial score (nSPS) is 25.3. The van der Waals surface area contributed by atoms with Gasteiger partial charge in [0, 0.05) is 6.42 Å². The van der Waals surface area contributed by atoms with Crippen molar-refractivity contribution in [3.05, 3.63) is 35.4 Å². The molecule has 1 aliphatic rings. The molecule has 0 aromatic heterocycles. The van der Waals surface area contributed by atoms with Crippen molar-refractivity contribution in [1.82, 2.24) is 0 Å². The van der Waals surface area contributed by atoms with Crippen molar-refractivity contribution in [2.45, 2.75) is 22.7 Å². The Labute approximate surface area is 104 Å². The molecule has 0 N–H and O–H groups in total. The molecule has 0 saturated carbocycles. The molecule has 0 spiro atoms. The number of benzene rings is 1. The van der Waals surface area contributed by atoms with Crippen LogP contribution in [0.1, 0.15) is 17.5 Å². The lowest BCUT2D eigenvalue weighted by molar-refractivity contribution is 0.295. The molecule has 2 rings (SSSR count). The molecule has 15 heavy (non-hydrogen) atoms. The first-order valence-corrected chi connectivity index (χ1v) is 5.83. The summed E-state index contributed by atoms with van der Waals surface area (Å²) in [5, 5.41) is 0. The Hall–Kier alpha value is 0.0500. The minimum atomic E-state index is -1.26. The molecule has 4 heteroatoms. The van der Waals surface area contributed by atoms with Crippen molar-refractivity contribution in [1.29, 1.82) is 0 Å². The van der Waals surface area contributed by atoms with Gasteiger partial charge in [-0.3, -0.25) is 0 Å². The van der Waals surface area contributed by atoms with Crippen molar-refractivity contribution in [3.63, 3.8) is 0 Å². The minimum absolute atomic E-state index is 0.376. The third kappa shape index (κ3) is 2.79. The summed E-state index contributed by atoms with van der Waals surface area (Å²) in [6.07, 6.45) is 0.397. The molecular weight excluding hydrogens is 254 g/mol. The first kappa shape index (κ1) is 11.5. The van der Waals surface area contributed by atoms with Crippen molar-refractivity contribution >= 4 is 34.8 Å². The molecule has 0 aliphatic carbocycles. The van der Waals surface area contributed by atoms with Crippen LogP contribution in [-0.4, -0.2) is 10.4 Å². The molecule has 1 aromatic rings. The summed E-state index contributed by atoms with van der Waals surface area (Å²) in [5.41, 5.74) is 1.92. The lowest BCUT2D eigenvalue weighted by Gasteiger charge is -2.17. The van der Waals surface area contributed by atoms with E-state index in [1.807, 2.05) is 31.2 Å². The van der Waals surface area contributed by atoms with E-state index in [0.29, 0.717) is 13.0 Å². The van der Waals surface area contributed by atoms with Gasteiger partial charge in [0.2, 0.25) is 0 Å². The molecule has 1 saturated heterocycles. The van der Waals surface area contributed by atoms with E-state index in [9.17, 15) is 0 Å². The van der Waals surface area contributed by atoms with Crippen LogP contribution in [0.2, 0.25) is 0 Å². The molecule has 1 aromatic carbocycles. The summed E-state index contributed by atoms with van der Waals surface area (Å²) in [6.45, 7) is 2.67. The fourth-order valence-electron chi connectivity index (χ4n) is 1.64. The van der Waals surface area contributed by atoms with Crippen molar-refractivity contribution in [3.8, 4) is 0 Å². The second kappa shape index (κ2) is 3.81. The predicted molar refractivity (Wildman–Crippen MR) is 63.7 cm³/mol. The van der Waals surface area contributed by atoms with E-state index in [4.69, 9.17) is 39.5 Å². The molecule has 1 heterocycles. The molecule has 0 radical (unpaired) electrons. The quantitative estimate of drug-likeness (QED) is 0.582. The second-order valence-corrected chi connectivity index (χ2v) is 6.46. The first-order chi connectivity index (χ1) is 6.91. The van der Waals surface area contributed by atoms with Gasteiger partial charge in [0.1, 0.15) is 5.60 Å². The number of hydrogen-bond acceptors (Lipinski definition) is 1. The summed E-state index contributed by atoms with van der Waals surface area (Å²) in [5.74, 6) is 0. The predicted octanol–water partition coefficient (Wildman–Crippen LogP) is 3.98. The Morgan fingerprint density at radius 3 is 2.20 bits per heavy atom. The average Bonchev–Trinajstić information content (AvgIpc) is 2.83. The van der Waals surface area contributed by atoms with E-state index in [1.54, 1.807) is 0 Å². The number of epoxide rings is 1. The Kier molecular flexibility index (Phi) is 2.93. The second-order valence-electron chi connectivity index (χ2n) is 3.94. The SMILES string of the molecule is Cc1ccc([C@]2(CC(Cl)(Cl)Cl)CO2)cc1. The molecule has 0 amide bonds. The van der Waals surface area contributed by atoms with Gasteiger partial charge in [-0.05, 0) is 12.5 Å². The van der Waals surface area contributed by atoms with Gasteiger partial charge in [-0.15, -0.1) is 0 Å². The maximum atomic E-state index is 5.79. The van der Waals surface area contributed by atoms with Crippen molar-refractivity contribution in [2.75, 3.05) is 6.61 Å². The molecule has 0 unspecified atom stereocenters. The van der Waals surface area contributed by atoms with E-state index in [2.05, 4.69) is 0 Å². The number of alkyl halides is 3. The average molecular weight is 266 g/mol. The summed E-state index contributed by atoms with van der Waals surface area (Å²) < 4.78 is 4.18. The van der Waals surface area contributed by atoms with Crippen LogP contribution in [0.4, 0.5) is 0 Å². The van der Waals surface area contributed by atoms with Crippen LogP contribution in [0.3, 0.4) is 0 Å². The lowest BCUT2D eigenvalue weighted by atomic mass is 9.96. The van der Waals surface area contributed by atoms with Gasteiger partial charge in [-0.25, -0.2) is 0 Å². The third-order valence-electron chi connectivity index (χ3n) is 2.56. The topological polar surface area (TPSA) is 12.5 Å². The highest BCUT2D eigenvalue weighted by Crippen LogP contribution is 2.49. The van der Waals surface area contributed by atoms with Gasteiger partial charge < -0.3 is 4.74 Å². The van der Waals surface area contributed by atoms with Crippen LogP contribution < -0.4 is 0 Å². The lowest BCUT2D eigenvalue weighted by Crippen LogP contribution is -2.18. The van der Waals surface area contributed by atoms with E-state index >= 15 is 0 Å². The smallest absolute Gasteiger partial charge is 0.193 e. The summed E-state index contributed by atoms with van der Waals surface area (Å²) in [4.78, 5) is 0. The zero-order valence-electron chi connectivity index (χ0n) is 8.27. The molecule has 1 aliphatic heterocycles. The Balaban J connectivity index is 2.20. The highest BCUT2D eigenvalue weighted by atomic mass is 35.6. The van der Waals surface area contributed by atoms with E-state index in [-0.39, 0.29) is 5.60 Å². The molecular formula is C11H11Cl3O. The molecule has 1 atom stereocenters. The Morgan fingerprint density at radius 2 is 1.80 bits per heavy atom. The van der Waals surface area contributed by atoms with Crippen molar-refractivity contribution in [2.24, 2.45) is 0 Å². The van der Waals surface area contributed by atoms with Gasteiger partial charge in [-0.2, -0.15) is 0 Å². The number of halogens is 3. The number of ether oxygens (including phenoxy) is 1. The Morgan fingerprint density at radius 1 is 1.27 bits per heavy atom. The minimum Gasteiger partial charge on any atom is -0.364 e. The largest absolute Gasteiger partial charge is 0.364 e. The third-order valence-corrected chi connectivity index (χ3v) is 2.96. The molecule has 1 fully saturated rings. The fraction of sp³-hybridized carbons (Fsp3) is 0.455. The van der Waals surface area contributed by atoms with E-state index in [1.165, 1.54) is 5.56 Å². The van der Waals surface area contributed by atoms with Crippen LogP contribution in [0.25, 0.3) is 0 Å². The maximum Gasteiger partial charge on any atom is 0.193 e. The van der Waals surface area contributed by atoms with Crippen LogP contribution in [0.15, 0.2) is 24.3 Å². The maximum absolute atomic E-state index is 5.79. The Bertz CT molecular complexity index is 349. The molecule has 0 bridgehead atoms. The zero-order valence-corrected chi connectivity index (χ0v) is 10.5. The van der Waals surface area contributed by atoms with Gasteiger partial charge in [0.25, 0.3) is 0 Å². The highest BCUT2D eigenvalue weighted by Gasteiger charge is 2.51. The molecule has 1 nitrogen and oxygen atoms in total. The summed E-state index contributed by atoms with van der Waals surface area (Å²) in [7, 11) is 0. The van der Waals surface area contributed by atoms with Crippen LogP contribution in [-0.2, 0) is 10.3 Å². The van der Waals surface area contributed by atoms with Crippen LogP contribution in [0, 0.1) is 6.92 Å². The summed E-state index contributed by atoms with van der Waals surface area (Å²) >= 11 is 17.4. The standard InChI is InChI=1S/C11H11Cl3O/c1-8-2-4-9(5-3-8)10(7-15-10)6-11(12,13)14/h2-5H,6-7H2,1H3/t10-/m0/s1. The van der Waals surface area contributed by atoms with E-state index in [0.717, 1.165) is 5.56 Å². The number of hydrogen-bond donors (Lipinski definition) is 0. The summed E-state index contributed by atoms with van der Waals surface area (Å²) in [6, 6.07) is 8.13. The monoisotopic (exact) mass is 264 g/mol. The van der Waals surface area contributed by atoms with Crippen LogP contribution >= 0.6 is 34.8 Å². The van der Waals surface area contributed by atoms with Crippen LogP contribution in [0.5, 0.6) is 0 Å². The molecule has 82 valence electrons. The highest BCUT2D eigenvalue weighted by molar-refractivity contribution is 6.67. The zero-order chi connectivity index (χ0) is 11.1. The van der Waals surface area contributed by atoms with Gasteiger partial charge in [-0.1, -0.05) is 64.6 Å². The number of rotatable bonds is 2. The van der Waals surface area contributed by atoms with Gasteiger partial charge in [0.15, 0.2) is 3.79 Å². The first-order valence-electron chi connectivity index (χ1n) is 4.69. The van der Waals surface area contributed by atoms with Crippen molar-refractivity contribution < 1.29 is 4.74 Å². The van der Waals surface area contributed by atoms with Gasteiger partial charge in [0.05, 0.1) is 6.61 Å². The number of aryl methyl sites for hydroxylation is 1. The fourth-order valence-corrected chi connectivity index (χ4v) is 2.29. The van der Waals surface area contributed by atoms with Gasteiger partial charge >= 0.3 is 0 Å².